The number of hydrogen-bond donors (Lipinski definition) is 1. The Morgan fingerprint density at radius 3 is 3.00 bits per heavy atom. The highest BCUT2D eigenvalue weighted by molar-refractivity contribution is 9.10. The molecule has 0 spiro atoms. The Morgan fingerprint density at radius 1 is 1.50 bits per heavy atom. The van der Waals surface area contributed by atoms with E-state index in [1.54, 1.807) is 7.05 Å². The largest absolute Gasteiger partial charge is 0.377 e. The zero-order valence-corrected chi connectivity index (χ0v) is 10.8. The molecule has 2 aromatic rings. The number of hydrogen-bond acceptors (Lipinski definition) is 4. The fourth-order valence-electron chi connectivity index (χ4n) is 1.21. The van der Waals surface area contributed by atoms with E-state index < -0.39 is 0 Å². The Balaban J connectivity index is 2.07. The van der Waals surface area contributed by atoms with Gasteiger partial charge in [-0.2, -0.15) is 4.80 Å². The standard InChI is InChI=1S/C9H9BrClN5/c1-16-14-8(13-15-16)5-12-7-4-2-3-6(11)9(7)10/h2-4,12H,5H2,1H3. The number of nitrogens with one attached hydrogen (secondary N) is 1. The fraction of sp³-hybridized carbons (Fsp3) is 0.222. The van der Waals surface area contributed by atoms with Crippen LogP contribution in [-0.4, -0.2) is 20.2 Å². The fourth-order valence-corrected chi connectivity index (χ4v) is 1.79. The first-order valence-corrected chi connectivity index (χ1v) is 5.74. The van der Waals surface area contributed by atoms with Crippen LogP contribution in [0, 0.1) is 0 Å². The van der Waals surface area contributed by atoms with E-state index in [1.165, 1.54) is 4.80 Å². The number of aryl methyl sites for hydroxylation is 1. The molecule has 0 atom stereocenters. The molecule has 84 valence electrons. The number of tetrazole rings is 1. The second kappa shape index (κ2) is 4.80. The molecule has 5 nitrogen and oxygen atoms in total. The van der Waals surface area contributed by atoms with Gasteiger partial charge in [-0.15, -0.1) is 10.2 Å². The molecule has 1 aromatic heterocycles. The average molecular weight is 303 g/mol. The van der Waals surface area contributed by atoms with E-state index in [9.17, 15) is 0 Å². The maximum Gasteiger partial charge on any atom is 0.193 e. The summed E-state index contributed by atoms with van der Waals surface area (Å²) in [6.07, 6.45) is 0. The molecule has 0 fully saturated rings. The van der Waals surface area contributed by atoms with Crippen molar-refractivity contribution in [2.75, 3.05) is 5.32 Å². The summed E-state index contributed by atoms with van der Waals surface area (Å²) >= 11 is 9.37. The van der Waals surface area contributed by atoms with Gasteiger partial charge < -0.3 is 5.32 Å². The normalized spacial score (nSPS) is 10.4. The van der Waals surface area contributed by atoms with Crippen molar-refractivity contribution < 1.29 is 0 Å². The van der Waals surface area contributed by atoms with E-state index in [-0.39, 0.29) is 0 Å². The summed E-state index contributed by atoms with van der Waals surface area (Å²) in [6.45, 7) is 0.507. The van der Waals surface area contributed by atoms with Crippen LogP contribution in [0.3, 0.4) is 0 Å². The van der Waals surface area contributed by atoms with Crippen molar-refractivity contribution in [3.05, 3.63) is 33.5 Å². The molecule has 2 rings (SSSR count). The van der Waals surface area contributed by atoms with Gasteiger partial charge in [0.15, 0.2) is 5.82 Å². The summed E-state index contributed by atoms with van der Waals surface area (Å²) in [7, 11) is 1.73. The van der Waals surface area contributed by atoms with Crippen LogP contribution in [0.1, 0.15) is 5.82 Å². The molecular formula is C9H9BrClN5. The number of anilines is 1. The zero-order valence-electron chi connectivity index (χ0n) is 8.48. The molecule has 1 heterocycles. The SMILES string of the molecule is Cn1nnc(CNc2cccc(Cl)c2Br)n1. The van der Waals surface area contributed by atoms with Gasteiger partial charge in [0, 0.05) is 0 Å². The minimum absolute atomic E-state index is 0.507. The van der Waals surface area contributed by atoms with E-state index in [0.29, 0.717) is 17.4 Å². The summed E-state index contributed by atoms with van der Waals surface area (Å²) in [4.78, 5) is 1.42. The van der Waals surface area contributed by atoms with Crippen LogP contribution in [0.4, 0.5) is 5.69 Å². The first kappa shape index (κ1) is 11.3. The summed E-state index contributed by atoms with van der Waals surface area (Å²) < 4.78 is 0.834. The molecule has 0 saturated carbocycles. The Kier molecular flexibility index (Phi) is 3.40. The molecule has 0 radical (unpaired) electrons. The Morgan fingerprint density at radius 2 is 2.31 bits per heavy atom. The number of rotatable bonds is 3. The average Bonchev–Trinajstić information content (AvgIpc) is 2.67. The Labute approximate surface area is 106 Å². The van der Waals surface area contributed by atoms with Crippen molar-refractivity contribution in [2.45, 2.75) is 6.54 Å². The molecule has 1 N–H and O–H groups in total. The topological polar surface area (TPSA) is 55.6 Å². The van der Waals surface area contributed by atoms with Gasteiger partial charge in [0.2, 0.25) is 0 Å². The van der Waals surface area contributed by atoms with Gasteiger partial charge in [0.05, 0.1) is 28.8 Å². The number of halogens is 2. The molecule has 0 saturated heterocycles. The predicted molar refractivity (Wildman–Crippen MR) is 65.3 cm³/mol. The zero-order chi connectivity index (χ0) is 11.5. The number of aromatic nitrogens is 4. The van der Waals surface area contributed by atoms with Crippen LogP contribution in [0.25, 0.3) is 0 Å². The van der Waals surface area contributed by atoms with Crippen LogP contribution in [0.2, 0.25) is 5.02 Å². The molecule has 1 aromatic carbocycles. The lowest BCUT2D eigenvalue weighted by Gasteiger charge is -2.06. The molecule has 0 aliphatic rings. The molecule has 16 heavy (non-hydrogen) atoms. The lowest BCUT2D eigenvalue weighted by atomic mass is 10.3. The molecule has 0 aliphatic heterocycles. The third-order valence-electron chi connectivity index (χ3n) is 1.94. The smallest absolute Gasteiger partial charge is 0.193 e. The number of benzene rings is 1. The predicted octanol–water partition coefficient (Wildman–Crippen LogP) is 2.24. The highest BCUT2D eigenvalue weighted by Crippen LogP contribution is 2.30. The maximum absolute atomic E-state index is 5.97. The van der Waals surface area contributed by atoms with Crippen LogP contribution in [0.5, 0.6) is 0 Å². The minimum Gasteiger partial charge on any atom is -0.377 e. The van der Waals surface area contributed by atoms with Gasteiger partial charge in [-0.05, 0) is 33.3 Å². The third-order valence-corrected chi connectivity index (χ3v) is 3.34. The summed E-state index contributed by atoms with van der Waals surface area (Å²) in [5.74, 6) is 0.634. The van der Waals surface area contributed by atoms with Gasteiger partial charge in [-0.25, -0.2) is 0 Å². The Bertz CT molecular complexity index is 498. The van der Waals surface area contributed by atoms with Crippen molar-refractivity contribution in [1.82, 2.24) is 20.2 Å². The van der Waals surface area contributed by atoms with Crippen LogP contribution >= 0.6 is 27.5 Å². The second-order valence-corrected chi connectivity index (χ2v) is 4.35. The first-order chi connectivity index (χ1) is 7.66. The van der Waals surface area contributed by atoms with Crippen LogP contribution < -0.4 is 5.32 Å². The number of nitrogens with zero attached hydrogens (tertiary/aromatic N) is 4. The van der Waals surface area contributed by atoms with Crippen LogP contribution in [0.15, 0.2) is 22.7 Å². The Hall–Kier alpha value is -1.14. The first-order valence-electron chi connectivity index (χ1n) is 4.57. The highest BCUT2D eigenvalue weighted by atomic mass is 79.9. The maximum atomic E-state index is 5.97. The molecule has 0 aliphatic carbocycles. The lowest BCUT2D eigenvalue weighted by Crippen LogP contribution is -2.02. The van der Waals surface area contributed by atoms with Crippen molar-refractivity contribution in [1.29, 1.82) is 0 Å². The third kappa shape index (κ3) is 2.51. The van der Waals surface area contributed by atoms with Gasteiger partial charge in [-0.3, -0.25) is 0 Å². The summed E-state index contributed by atoms with van der Waals surface area (Å²) in [6, 6.07) is 5.61. The van der Waals surface area contributed by atoms with E-state index in [2.05, 4.69) is 36.7 Å². The van der Waals surface area contributed by atoms with Crippen molar-refractivity contribution in [2.24, 2.45) is 7.05 Å². The summed E-state index contributed by atoms with van der Waals surface area (Å²) in [5, 5.41) is 15.5. The van der Waals surface area contributed by atoms with Gasteiger partial charge in [0.1, 0.15) is 0 Å². The van der Waals surface area contributed by atoms with E-state index in [4.69, 9.17) is 11.6 Å². The van der Waals surface area contributed by atoms with Crippen molar-refractivity contribution in [3.63, 3.8) is 0 Å². The van der Waals surface area contributed by atoms with E-state index >= 15 is 0 Å². The second-order valence-electron chi connectivity index (χ2n) is 3.15. The van der Waals surface area contributed by atoms with Crippen molar-refractivity contribution in [3.8, 4) is 0 Å². The van der Waals surface area contributed by atoms with Gasteiger partial charge in [0.25, 0.3) is 0 Å². The van der Waals surface area contributed by atoms with E-state index in [0.717, 1.165) is 10.2 Å². The lowest BCUT2D eigenvalue weighted by molar-refractivity contribution is 0.628. The highest BCUT2D eigenvalue weighted by Gasteiger charge is 2.05. The summed E-state index contributed by atoms with van der Waals surface area (Å²) in [5.41, 5.74) is 0.903. The molecule has 0 amide bonds. The van der Waals surface area contributed by atoms with Gasteiger partial charge >= 0.3 is 0 Å². The van der Waals surface area contributed by atoms with Crippen molar-refractivity contribution >= 4 is 33.2 Å². The molecule has 0 unspecified atom stereocenters. The molecule has 7 heteroatoms. The molecular weight excluding hydrogens is 293 g/mol. The quantitative estimate of drug-likeness (QED) is 0.945. The minimum atomic E-state index is 0.507. The van der Waals surface area contributed by atoms with Crippen LogP contribution in [-0.2, 0) is 13.6 Å². The monoisotopic (exact) mass is 301 g/mol. The van der Waals surface area contributed by atoms with E-state index in [1.807, 2.05) is 18.2 Å². The molecule has 0 bridgehead atoms. The van der Waals surface area contributed by atoms with Gasteiger partial charge in [-0.1, -0.05) is 17.7 Å².